The summed E-state index contributed by atoms with van der Waals surface area (Å²) in [4.78, 5) is 0. The molecule has 0 aliphatic heterocycles. The molecule has 0 spiro atoms. The van der Waals surface area contributed by atoms with Crippen molar-refractivity contribution in [2.24, 2.45) is 0 Å². The summed E-state index contributed by atoms with van der Waals surface area (Å²) in [7, 11) is 0. The van der Waals surface area contributed by atoms with Gasteiger partial charge in [-0.15, -0.1) is 6.58 Å². The topological polar surface area (TPSA) is 32.3 Å². The third-order valence-corrected chi connectivity index (χ3v) is 2.52. The number of unbranched alkanes of at least 4 members (excludes halogenated alkanes) is 6. The van der Waals surface area contributed by atoms with E-state index in [0.717, 1.165) is 32.4 Å². The molecule has 0 amide bonds. The summed E-state index contributed by atoms with van der Waals surface area (Å²) in [6.45, 7) is 6.30. The molecule has 15 heavy (non-hydrogen) atoms. The van der Waals surface area contributed by atoms with Crippen LogP contribution in [0.25, 0.3) is 0 Å². The zero-order valence-corrected chi connectivity index (χ0v) is 10.0. The van der Waals surface area contributed by atoms with E-state index in [2.05, 4.69) is 11.9 Å². The highest BCUT2D eigenvalue weighted by Crippen LogP contribution is 2.02. The molecule has 0 aliphatic rings. The number of aliphatic hydroxyl groups excluding tert-OH is 1. The minimum atomic E-state index is 0.337. The van der Waals surface area contributed by atoms with Crippen LogP contribution in [0, 0.1) is 0 Å². The van der Waals surface area contributed by atoms with Crippen molar-refractivity contribution in [3.63, 3.8) is 0 Å². The lowest BCUT2D eigenvalue weighted by Gasteiger charge is -2.03. The molecule has 0 aromatic heterocycles. The number of hydrogen-bond acceptors (Lipinski definition) is 2. The molecule has 0 aromatic rings. The molecule has 0 atom stereocenters. The van der Waals surface area contributed by atoms with E-state index in [1.54, 1.807) is 0 Å². The van der Waals surface area contributed by atoms with E-state index < -0.39 is 0 Å². The van der Waals surface area contributed by atoms with E-state index in [-0.39, 0.29) is 0 Å². The highest BCUT2D eigenvalue weighted by molar-refractivity contribution is 4.65. The van der Waals surface area contributed by atoms with Crippen molar-refractivity contribution in [3.05, 3.63) is 12.7 Å². The van der Waals surface area contributed by atoms with Gasteiger partial charge in [0.1, 0.15) is 0 Å². The number of hydrogen-bond donors (Lipinski definition) is 2. The molecule has 0 aromatic carbocycles. The third-order valence-electron chi connectivity index (χ3n) is 2.52. The van der Waals surface area contributed by atoms with Crippen LogP contribution in [-0.2, 0) is 0 Å². The lowest BCUT2D eigenvalue weighted by atomic mass is 10.1. The van der Waals surface area contributed by atoms with Crippen molar-refractivity contribution < 1.29 is 5.11 Å². The number of allylic oxidation sites excluding steroid dienone is 1. The number of aliphatic hydroxyl groups is 1. The standard InChI is InChI=1S/C13H27NO/c1-2-3-4-5-6-8-11-14-12-9-7-10-13-15/h2,14-15H,1,3-13H2. The van der Waals surface area contributed by atoms with Crippen molar-refractivity contribution in [2.45, 2.75) is 51.4 Å². The Bertz CT molecular complexity index is 126. The maximum absolute atomic E-state index is 8.58. The lowest BCUT2D eigenvalue weighted by Crippen LogP contribution is -2.16. The second-order valence-corrected chi connectivity index (χ2v) is 4.03. The number of nitrogens with one attached hydrogen (secondary N) is 1. The highest BCUT2D eigenvalue weighted by Gasteiger charge is 1.90. The average Bonchev–Trinajstić information content (AvgIpc) is 2.26. The van der Waals surface area contributed by atoms with E-state index in [4.69, 9.17) is 5.11 Å². The normalized spacial score (nSPS) is 10.5. The van der Waals surface area contributed by atoms with Gasteiger partial charge in [0.15, 0.2) is 0 Å². The number of rotatable bonds is 12. The molecule has 0 unspecified atom stereocenters. The Kier molecular flexibility index (Phi) is 13.4. The first-order chi connectivity index (χ1) is 7.41. The van der Waals surface area contributed by atoms with E-state index >= 15 is 0 Å². The molecular formula is C13H27NO. The predicted octanol–water partition coefficient (Wildman–Crippen LogP) is 2.88. The molecule has 2 heteroatoms. The molecule has 0 saturated heterocycles. The van der Waals surface area contributed by atoms with E-state index in [0.29, 0.717) is 6.61 Å². The maximum Gasteiger partial charge on any atom is 0.0431 e. The molecular weight excluding hydrogens is 186 g/mol. The van der Waals surface area contributed by atoms with Crippen LogP contribution in [0.4, 0.5) is 0 Å². The lowest BCUT2D eigenvalue weighted by molar-refractivity contribution is 0.283. The first kappa shape index (κ1) is 14.7. The van der Waals surface area contributed by atoms with Crippen molar-refractivity contribution in [2.75, 3.05) is 19.7 Å². The van der Waals surface area contributed by atoms with Gasteiger partial charge < -0.3 is 10.4 Å². The fourth-order valence-corrected chi connectivity index (χ4v) is 1.56. The second-order valence-electron chi connectivity index (χ2n) is 4.03. The van der Waals surface area contributed by atoms with Crippen molar-refractivity contribution in [3.8, 4) is 0 Å². The van der Waals surface area contributed by atoms with Crippen LogP contribution < -0.4 is 5.32 Å². The third kappa shape index (κ3) is 13.7. The fourth-order valence-electron chi connectivity index (χ4n) is 1.56. The average molecular weight is 213 g/mol. The molecule has 0 aliphatic carbocycles. The van der Waals surface area contributed by atoms with Gasteiger partial charge >= 0.3 is 0 Å². The van der Waals surface area contributed by atoms with Crippen LogP contribution >= 0.6 is 0 Å². The Morgan fingerprint density at radius 1 is 0.867 bits per heavy atom. The van der Waals surface area contributed by atoms with Crippen LogP contribution in [0.1, 0.15) is 51.4 Å². The Hall–Kier alpha value is -0.340. The van der Waals surface area contributed by atoms with E-state index in [1.165, 1.54) is 32.1 Å². The molecule has 0 radical (unpaired) electrons. The van der Waals surface area contributed by atoms with Crippen molar-refractivity contribution >= 4 is 0 Å². The predicted molar refractivity (Wildman–Crippen MR) is 67.1 cm³/mol. The molecule has 0 bridgehead atoms. The summed E-state index contributed by atoms with van der Waals surface area (Å²) in [5, 5.41) is 12.0. The summed E-state index contributed by atoms with van der Waals surface area (Å²) in [5.74, 6) is 0. The van der Waals surface area contributed by atoms with Gasteiger partial charge in [-0.25, -0.2) is 0 Å². The Morgan fingerprint density at radius 2 is 1.47 bits per heavy atom. The van der Waals surface area contributed by atoms with Crippen molar-refractivity contribution in [1.29, 1.82) is 0 Å². The van der Waals surface area contributed by atoms with Crippen LogP contribution in [0.2, 0.25) is 0 Å². The molecule has 0 saturated carbocycles. The van der Waals surface area contributed by atoms with Gasteiger partial charge in [-0.1, -0.05) is 18.9 Å². The minimum absolute atomic E-state index is 0.337. The van der Waals surface area contributed by atoms with Gasteiger partial charge in [-0.05, 0) is 51.6 Å². The maximum atomic E-state index is 8.58. The summed E-state index contributed by atoms with van der Waals surface area (Å²) >= 11 is 0. The molecule has 2 nitrogen and oxygen atoms in total. The first-order valence-corrected chi connectivity index (χ1v) is 6.34. The van der Waals surface area contributed by atoms with Gasteiger partial charge in [-0.3, -0.25) is 0 Å². The largest absolute Gasteiger partial charge is 0.396 e. The van der Waals surface area contributed by atoms with Gasteiger partial charge in [0.2, 0.25) is 0 Å². The molecule has 2 N–H and O–H groups in total. The van der Waals surface area contributed by atoms with Gasteiger partial charge in [0.05, 0.1) is 0 Å². The Balaban J connectivity index is 2.83. The van der Waals surface area contributed by atoms with Crippen LogP contribution in [0.3, 0.4) is 0 Å². The van der Waals surface area contributed by atoms with Crippen molar-refractivity contribution in [1.82, 2.24) is 5.32 Å². The van der Waals surface area contributed by atoms with Crippen LogP contribution in [-0.4, -0.2) is 24.8 Å². The summed E-state index contributed by atoms with van der Waals surface area (Å²) in [6, 6.07) is 0. The van der Waals surface area contributed by atoms with Gasteiger partial charge in [0.25, 0.3) is 0 Å². The van der Waals surface area contributed by atoms with E-state index in [9.17, 15) is 0 Å². The van der Waals surface area contributed by atoms with Crippen LogP contribution in [0.5, 0.6) is 0 Å². The molecule has 0 fully saturated rings. The van der Waals surface area contributed by atoms with Gasteiger partial charge in [0, 0.05) is 6.61 Å². The Labute approximate surface area is 94.8 Å². The smallest absolute Gasteiger partial charge is 0.0431 e. The second kappa shape index (κ2) is 13.7. The zero-order valence-electron chi connectivity index (χ0n) is 10.0. The van der Waals surface area contributed by atoms with Gasteiger partial charge in [-0.2, -0.15) is 0 Å². The minimum Gasteiger partial charge on any atom is -0.396 e. The fraction of sp³-hybridized carbons (Fsp3) is 0.846. The monoisotopic (exact) mass is 213 g/mol. The van der Waals surface area contributed by atoms with E-state index in [1.807, 2.05) is 6.08 Å². The quantitative estimate of drug-likeness (QED) is 0.386. The summed E-state index contributed by atoms with van der Waals surface area (Å²) < 4.78 is 0. The molecule has 0 heterocycles. The highest BCUT2D eigenvalue weighted by atomic mass is 16.2. The summed E-state index contributed by atoms with van der Waals surface area (Å²) in [5.41, 5.74) is 0. The molecule has 90 valence electrons. The summed E-state index contributed by atoms with van der Waals surface area (Å²) in [6.07, 6.45) is 11.7. The SMILES string of the molecule is C=CCCCCCCNCCCCCO. The first-order valence-electron chi connectivity index (χ1n) is 6.34. The zero-order chi connectivity index (χ0) is 11.2. The van der Waals surface area contributed by atoms with Crippen LogP contribution in [0.15, 0.2) is 12.7 Å². The molecule has 0 rings (SSSR count). The Morgan fingerprint density at radius 3 is 2.07 bits per heavy atom.